The van der Waals surface area contributed by atoms with Crippen LogP contribution in [0.2, 0.25) is 0 Å². The number of aromatic nitrogens is 1. The number of hydrogen-bond acceptors (Lipinski definition) is 4. The summed E-state index contributed by atoms with van der Waals surface area (Å²) >= 11 is 1.60. The first kappa shape index (κ1) is 12.1. The maximum absolute atomic E-state index is 9.82. The average molecular weight is 248 g/mol. The third kappa shape index (κ3) is 3.05. The Bertz CT molecular complexity index is 456. The minimum atomic E-state index is 0.165. The van der Waals surface area contributed by atoms with Gasteiger partial charge in [-0.05, 0) is 12.5 Å². The fourth-order valence-electron chi connectivity index (χ4n) is 1.81. The minimum absolute atomic E-state index is 0.165. The van der Waals surface area contributed by atoms with Gasteiger partial charge in [0, 0.05) is 23.5 Å². The van der Waals surface area contributed by atoms with E-state index < -0.39 is 0 Å². The third-order valence-corrected chi connectivity index (χ3v) is 3.37. The SMILES string of the molecule is CCC(NCc1cscn1)c1ccccc1O. The summed E-state index contributed by atoms with van der Waals surface area (Å²) in [5, 5.41) is 15.3. The van der Waals surface area contributed by atoms with E-state index in [1.807, 2.05) is 29.1 Å². The third-order valence-electron chi connectivity index (χ3n) is 2.73. The van der Waals surface area contributed by atoms with Crippen LogP contribution in [0, 0.1) is 0 Å². The highest BCUT2D eigenvalue weighted by Crippen LogP contribution is 2.25. The van der Waals surface area contributed by atoms with Gasteiger partial charge in [-0.25, -0.2) is 4.98 Å². The van der Waals surface area contributed by atoms with Crippen LogP contribution in [0.5, 0.6) is 5.75 Å². The molecule has 1 aromatic heterocycles. The second kappa shape index (κ2) is 5.80. The van der Waals surface area contributed by atoms with Crippen LogP contribution in [0.15, 0.2) is 35.2 Å². The van der Waals surface area contributed by atoms with Crippen LogP contribution in [0.25, 0.3) is 0 Å². The van der Waals surface area contributed by atoms with Gasteiger partial charge in [0.05, 0.1) is 11.2 Å². The second-order valence-corrected chi connectivity index (χ2v) is 4.60. The standard InChI is InChI=1S/C13H16N2OS/c1-2-12(11-5-3-4-6-13(11)16)14-7-10-8-17-9-15-10/h3-6,8-9,12,14,16H,2,7H2,1H3. The number of rotatable bonds is 5. The average Bonchev–Trinajstić information content (AvgIpc) is 2.85. The van der Waals surface area contributed by atoms with Crippen molar-refractivity contribution in [3.63, 3.8) is 0 Å². The van der Waals surface area contributed by atoms with Crippen LogP contribution in [0.1, 0.15) is 30.6 Å². The molecule has 1 atom stereocenters. The van der Waals surface area contributed by atoms with Crippen molar-refractivity contribution >= 4 is 11.3 Å². The van der Waals surface area contributed by atoms with Crippen molar-refractivity contribution in [2.24, 2.45) is 0 Å². The molecule has 1 aromatic carbocycles. The molecule has 90 valence electrons. The molecule has 0 bridgehead atoms. The summed E-state index contributed by atoms with van der Waals surface area (Å²) in [5.41, 5.74) is 3.83. The van der Waals surface area contributed by atoms with Crippen LogP contribution in [-0.4, -0.2) is 10.1 Å². The molecule has 0 amide bonds. The van der Waals surface area contributed by atoms with Crippen LogP contribution >= 0.6 is 11.3 Å². The molecule has 0 aliphatic rings. The highest BCUT2D eigenvalue weighted by atomic mass is 32.1. The molecule has 0 spiro atoms. The summed E-state index contributed by atoms with van der Waals surface area (Å²) in [7, 11) is 0. The van der Waals surface area contributed by atoms with Crippen molar-refractivity contribution in [1.82, 2.24) is 10.3 Å². The maximum Gasteiger partial charge on any atom is 0.120 e. The van der Waals surface area contributed by atoms with Crippen molar-refractivity contribution in [2.75, 3.05) is 0 Å². The Morgan fingerprint density at radius 2 is 2.24 bits per heavy atom. The Morgan fingerprint density at radius 3 is 2.88 bits per heavy atom. The summed E-state index contributed by atoms with van der Waals surface area (Å²) in [5.74, 6) is 0.352. The number of aromatic hydroxyl groups is 1. The van der Waals surface area contributed by atoms with Crippen molar-refractivity contribution in [3.05, 3.63) is 46.4 Å². The lowest BCUT2D eigenvalue weighted by atomic mass is 10.0. The molecule has 0 aliphatic carbocycles. The van der Waals surface area contributed by atoms with Gasteiger partial charge in [-0.3, -0.25) is 0 Å². The number of hydrogen-bond donors (Lipinski definition) is 2. The fourth-order valence-corrected chi connectivity index (χ4v) is 2.37. The van der Waals surface area contributed by atoms with Crippen LogP contribution < -0.4 is 5.32 Å². The topological polar surface area (TPSA) is 45.2 Å². The fraction of sp³-hybridized carbons (Fsp3) is 0.308. The van der Waals surface area contributed by atoms with E-state index in [2.05, 4.69) is 17.2 Å². The van der Waals surface area contributed by atoms with Gasteiger partial charge in [0.2, 0.25) is 0 Å². The van der Waals surface area contributed by atoms with Gasteiger partial charge >= 0.3 is 0 Å². The van der Waals surface area contributed by atoms with E-state index in [4.69, 9.17) is 0 Å². The first-order chi connectivity index (χ1) is 8.31. The van der Waals surface area contributed by atoms with E-state index in [1.165, 1.54) is 0 Å². The number of benzene rings is 1. The lowest BCUT2D eigenvalue weighted by molar-refractivity contribution is 0.440. The van der Waals surface area contributed by atoms with Crippen molar-refractivity contribution in [1.29, 1.82) is 0 Å². The number of nitrogens with zero attached hydrogens (tertiary/aromatic N) is 1. The number of phenolic OH excluding ortho intramolecular Hbond substituents is 1. The monoisotopic (exact) mass is 248 g/mol. The van der Waals surface area contributed by atoms with E-state index in [9.17, 15) is 5.11 Å². The van der Waals surface area contributed by atoms with E-state index in [0.717, 1.165) is 24.2 Å². The molecule has 0 radical (unpaired) electrons. The smallest absolute Gasteiger partial charge is 0.120 e. The van der Waals surface area contributed by atoms with Gasteiger partial charge in [0.15, 0.2) is 0 Å². The minimum Gasteiger partial charge on any atom is -0.508 e. The molecule has 0 saturated carbocycles. The number of phenols is 1. The van der Waals surface area contributed by atoms with Crippen molar-refractivity contribution in [2.45, 2.75) is 25.9 Å². The zero-order valence-corrected chi connectivity index (χ0v) is 10.6. The van der Waals surface area contributed by atoms with E-state index in [-0.39, 0.29) is 6.04 Å². The molecular formula is C13H16N2OS. The van der Waals surface area contributed by atoms with Crippen molar-refractivity contribution < 1.29 is 5.11 Å². The molecule has 2 rings (SSSR count). The predicted octanol–water partition coefficient (Wildman–Crippen LogP) is 3.09. The second-order valence-electron chi connectivity index (χ2n) is 3.88. The molecule has 17 heavy (non-hydrogen) atoms. The van der Waals surface area contributed by atoms with E-state index >= 15 is 0 Å². The van der Waals surface area contributed by atoms with Gasteiger partial charge in [-0.15, -0.1) is 11.3 Å². The molecule has 0 aliphatic heterocycles. The molecule has 0 fully saturated rings. The summed E-state index contributed by atoms with van der Waals surface area (Å²) in [6.45, 7) is 2.83. The molecule has 2 aromatic rings. The van der Waals surface area contributed by atoms with Gasteiger partial charge in [-0.1, -0.05) is 25.1 Å². The van der Waals surface area contributed by atoms with Crippen LogP contribution in [0.4, 0.5) is 0 Å². The Kier molecular flexibility index (Phi) is 4.12. The Labute approximate surface area is 105 Å². The highest BCUT2D eigenvalue weighted by Gasteiger charge is 2.12. The lowest BCUT2D eigenvalue weighted by Crippen LogP contribution is -2.20. The van der Waals surface area contributed by atoms with Crippen LogP contribution in [-0.2, 0) is 6.54 Å². The quantitative estimate of drug-likeness (QED) is 0.854. The zero-order valence-electron chi connectivity index (χ0n) is 9.76. The van der Waals surface area contributed by atoms with E-state index in [1.54, 1.807) is 17.4 Å². The summed E-state index contributed by atoms with van der Waals surface area (Å²) in [6.07, 6.45) is 0.932. The van der Waals surface area contributed by atoms with Gasteiger partial charge in [0.25, 0.3) is 0 Å². The first-order valence-corrected chi connectivity index (χ1v) is 6.64. The maximum atomic E-state index is 9.82. The van der Waals surface area contributed by atoms with Crippen LogP contribution in [0.3, 0.4) is 0 Å². The Balaban J connectivity index is 2.04. The number of thiazole rings is 1. The van der Waals surface area contributed by atoms with Gasteiger partial charge in [-0.2, -0.15) is 0 Å². The molecule has 4 heteroatoms. The molecular weight excluding hydrogens is 232 g/mol. The normalized spacial score (nSPS) is 12.5. The highest BCUT2D eigenvalue weighted by molar-refractivity contribution is 7.07. The zero-order chi connectivity index (χ0) is 12.1. The van der Waals surface area contributed by atoms with E-state index in [0.29, 0.717) is 5.75 Å². The van der Waals surface area contributed by atoms with Gasteiger partial charge in [0.1, 0.15) is 5.75 Å². The molecule has 1 unspecified atom stereocenters. The summed E-state index contributed by atoms with van der Waals surface area (Å²) in [6, 6.07) is 7.63. The van der Waals surface area contributed by atoms with Gasteiger partial charge < -0.3 is 10.4 Å². The Morgan fingerprint density at radius 1 is 1.41 bits per heavy atom. The Hall–Kier alpha value is -1.39. The summed E-state index contributed by atoms with van der Waals surface area (Å²) < 4.78 is 0. The molecule has 3 nitrogen and oxygen atoms in total. The molecule has 1 heterocycles. The first-order valence-electron chi connectivity index (χ1n) is 5.69. The van der Waals surface area contributed by atoms with Crippen molar-refractivity contribution in [3.8, 4) is 5.75 Å². The molecule has 2 N–H and O–H groups in total. The molecule has 0 saturated heterocycles. The largest absolute Gasteiger partial charge is 0.508 e. The lowest BCUT2D eigenvalue weighted by Gasteiger charge is -2.17. The number of para-hydroxylation sites is 1. The number of nitrogens with one attached hydrogen (secondary N) is 1. The summed E-state index contributed by atoms with van der Waals surface area (Å²) in [4.78, 5) is 4.23. The predicted molar refractivity (Wildman–Crippen MR) is 70.1 cm³/mol.